The lowest BCUT2D eigenvalue weighted by Gasteiger charge is -2.09. The normalized spacial score (nSPS) is 10.3. The molecule has 0 atom stereocenters. The average molecular weight is 217 g/mol. The molecule has 1 amide bonds. The highest BCUT2D eigenvalue weighted by atomic mass is 16.3. The van der Waals surface area contributed by atoms with E-state index in [1.807, 2.05) is 0 Å². The van der Waals surface area contributed by atoms with E-state index in [1.165, 1.54) is 12.5 Å². The first-order valence-electron chi connectivity index (χ1n) is 4.75. The van der Waals surface area contributed by atoms with Crippen molar-refractivity contribution in [3.63, 3.8) is 0 Å². The molecule has 1 aromatic heterocycles. The van der Waals surface area contributed by atoms with Crippen LogP contribution in [0.2, 0.25) is 0 Å². The van der Waals surface area contributed by atoms with Gasteiger partial charge in [-0.15, -0.1) is 0 Å². The molecule has 82 valence electrons. The summed E-state index contributed by atoms with van der Waals surface area (Å²) in [6, 6.07) is 6.92. The molecule has 0 fully saturated rings. The molecule has 5 heteroatoms. The molecule has 0 bridgehead atoms. The fraction of sp³-hybridized carbons (Fsp3) is 0.0909. The third-order valence-electron chi connectivity index (χ3n) is 2.31. The molecule has 16 heavy (non-hydrogen) atoms. The van der Waals surface area contributed by atoms with Crippen LogP contribution in [0.5, 0.6) is 0 Å². The Kier molecular flexibility index (Phi) is 2.70. The Hall–Kier alpha value is -2.14. The smallest absolute Gasteiger partial charge is 0.250 e. The van der Waals surface area contributed by atoms with E-state index in [1.54, 1.807) is 28.8 Å². The number of nitrogens with zero attached hydrogens (tertiary/aromatic N) is 2. The van der Waals surface area contributed by atoms with Crippen molar-refractivity contribution in [2.45, 2.75) is 6.61 Å². The molecule has 0 spiro atoms. The van der Waals surface area contributed by atoms with Gasteiger partial charge >= 0.3 is 0 Å². The molecule has 0 aliphatic heterocycles. The van der Waals surface area contributed by atoms with Crippen molar-refractivity contribution in [1.29, 1.82) is 0 Å². The maximum atomic E-state index is 11.2. The fourth-order valence-electron chi connectivity index (χ4n) is 1.55. The van der Waals surface area contributed by atoms with E-state index in [-0.39, 0.29) is 6.61 Å². The number of primary amides is 1. The third kappa shape index (κ3) is 1.68. The maximum Gasteiger partial charge on any atom is 0.250 e. The van der Waals surface area contributed by atoms with Crippen LogP contribution in [0, 0.1) is 0 Å². The van der Waals surface area contributed by atoms with Gasteiger partial charge in [0.1, 0.15) is 0 Å². The van der Waals surface area contributed by atoms with Crippen LogP contribution in [0.15, 0.2) is 36.8 Å². The summed E-state index contributed by atoms with van der Waals surface area (Å²) < 4.78 is 1.64. The van der Waals surface area contributed by atoms with Gasteiger partial charge in [-0.25, -0.2) is 4.98 Å². The number of hydrogen-bond acceptors (Lipinski definition) is 3. The van der Waals surface area contributed by atoms with Crippen LogP contribution in [0.4, 0.5) is 0 Å². The number of rotatable bonds is 3. The molecule has 3 N–H and O–H groups in total. The van der Waals surface area contributed by atoms with Gasteiger partial charge in [0.05, 0.1) is 36.1 Å². The number of nitrogens with two attached hydrogens (primary N) is 1. The molecular weight excluding hydrogens is 206 g/mol. The Balaban J connectivity index is 2.60. The Morgan fingerprint density at radius 1 is 1.44 bits per heavy atom. The zero-order chi connectivity index (χ0) is 11.5. The highest BCUT2D eigenvalue weighted by molar-refractivity contribution is 5.96. The summed E-state index contributed by atoms with van der Waals surface area (Å²) in [7, 11) is 0. The quantitative estimate of drug-likeness (QED) is 0.783. The summed E-state index contributed by atoms with van der Waals surface area (Å²) in [6.45, 7) is -0.146. The standard InChI is InChI=1S/C11H11N3O2/c12-11(16)9-3-1-2-4-10(9)14-7-13-5-8(14)6-15/h1-5,7,15H,6H2,(H2,12,16). The number of benzene rings is 1. The van der Waals surface area contributed by atoms with E-state index >= 15 is 0 Å². The number of para-hydroxylation sites is 1. The zero-order valence-corrected chi connectivity index (χ0v) is 8.50. The van der Waals surface area contributed by atoms with E-state index in [2.05, 4.69) is 4.98 Å². The molecule has 1 aromatic carbocycles. The number of imidazole rings is 1. The van der Waals surface area contributed by atoms with E-state index in [0.29, 0.717) is 16.9 Å². The van der Waals surface area contributed by atoms with E-state index < -0.39 is 5.91 Å². The monoisotopic (exact) mass is 217 g/mol. The largest absolute Gasteiger partial charge is 0.390 e. The summed E-state index contributed by atoms with van der Waals surface area (Å²) in [6.07, 6.45) is 3.07. The number of aromatic nitrogens is 2. The second-order valence-corrected chi connectivity index (χ2v) is 3.29. The van der Waals surface area contributed by atoms with Crippen LogP contribution < -0.4 is 5.73 Å². The van der Waals surface area contributed by atoms with E-state index in [0.717, 1.165) is 0 Å². The van der Waals surface area contributed by atoms with Crippen molar-refractivity contribution in [2.75, 3.05) is 0 Å². The Bertz CT molecular complexity index is 519. The van der Waals surface area contributed by atoms with Crippen LogP contribution in [-0.4, -0.2) is 20.6 Å². The molecule has 5 nitrogen and oxygen atoms in total. The summed E-state index contributed by atoms with van der Waals surface area (Å²) in [4.78, 5) is 15.2. The lowest BCUT2D eigenvalue weighted by atomic mass is 10.1. The molecule has 0 saturated carbocycles. The molecule has 0 unspecified atom stereocenters. The van der Waals surface area contributed by atoms with Gasteiger partial charge in [-0.3, -0.25) is 4.79 Å². The maximum absolute atomic E-state index is 11.2. The predicted molar refractivity (Wildman–Crippen MR) is 58.0 cm³/mol. The highest BCUT2D eigenvalue weighted by Gasteiger charge is 2.11. The Morgan fingerprint density at radius 2 is 2.19 bits per heavy atom. The summed E-state index contributed by atoms with van der Waals surface area (Å²) in [5, 5.41) is 9.12. The van der Waals surface area contributed by atoms with Crippen molar-refractivity contribution >= 4 is 5.91 Å². The fourth-order valence-corrected chi connectivity index (χ4v) is 1.55. The summed E-state index contributed by atoms with van der Waals surface area (Å²) in [5.74, 6) is -0.506. The van der Waals surface area contributed by atoms with Crippen LogP contribution in [0.25, 0.3) is 5.69 Å². The average Bonchev–Trinajstić information content (AvgIpc) is 2.76. The van der Waals surface area contributed by atoms with Gasteiger partial charge in [0.25, 0.3) is 5.91 Å². The number of hydrogen-bond donors (Lipinski definition) is 2. The second kappa shape index (κ2) is 4.16. The number of carbonyl (C=O) groups is 1. The SMILES string of the molecule is NC(=O)c1ccccc1-n1cncc1CO. The van der Waals surface area contributed by atoms with Gasteiger partial charge in [-0.1, -0.05) is 12.1 Å². The van der Waals surface area contributed by atoms with Gasteiger partial charge in [0.2, 0.25) is 0 Å². The van der Waals surface area contributed by atoms with Gasteiger partial charge < -0.3 is 15.4 Å². The molecule has 0 radical (unpaired) electrons. The Morgan fingerprint density at radius 3 is 2.88 bits per heavy atom. The van der Waals surface area contributed by atoms with Crippen molar-refractivity contribution < 1.29 is 9.90 Å². The lowest BCUT2D eigenvalue weighted by Crippen LogP contribution is -2.15. The van der Waals surface area contributed by atoms with Crippen molar-refractivity contribution in [1.82, 2.24) is 9.55 Å². The van der Waals surface area contributed by atoms with Gasteiger partial charge in [0, 0.05) is 0 Å². The van der Waals surface area contributed by atoms with Crippen molar-refractivity contribution in [3.05, 3.63) is 48.0 Å². The van der Waals surface area contributed by atoms with Crippen molar-refractivity contribution in [3.8, 4) is 5.69 Å². The molecule has 2 aromatic rings. The van der Waals surface area contributed by atoms with E-state index in [9.17, 15) is 4.79 Å². The van der Waals surface area contributed by atoms with Crippen LogP contribution in [-0.2, 0) is 6.61 Å². The predicted octanol–water partition coefficient (Wildman–Crippen LogP) is 0.463. The van der Waals surface area contributed by atoms with Crippen LogP contribution >= 0.6 is 0 Å². The minimum absolute atomic E-state index is 0.146. The molecule has 0 aliphatic carbocycles. The first kappa shape index (κ1) is 10.4. The first-order valence-corrected chi connectivity index (χ1v) is 4.75. The van der Waals surface area contributed by atoms with Crippen LogP contribution in [0.1, 0.15) is 16.1 Å². The number of aliphatic hydroxyl groups excluding tert-OH is 1. The minimum atomic E-state index is -0.506. The number of amides is 1. The first-order chi connectivity index (χ1) is 7.74. The summed E-state index contributed by atoms with van der Waals surface area (Å²) >= 11 is 0. The molecule has 1 heterocycles. The molecular formula is C11H11N3O2. The number of carbonyl (C=O) groups excluding carboxylic acids is 1. The van der Waals surface area contributed by atoms with Crippen LogP contribution in [0.3, 0.4) is 0 Å². The minimum Gasteiger partial charge on any atom is -0.390 e. The second-order valence-electron chi connectivity index (χ2n) is 3.29. The molecule has 0 aliphatic rings. The summed E-state index contributed by atoms with van der Waals surface area (Å²) in [5.41, 5.74) is 6.90. The molecule has 0 saturated heterocycles. The number of aliphatic hydroxyl groups is 1. The van der Waals surface area contributed by atoms with Gasteiger partial charge in [-0.05, 0) is 12.1 Å². The van der Waals surface area contributed by atoms with Crippen molar-refractivity contribution in [2.24, 2.45) is 5.73 Å². The molecule has 2 rings (SSSR count). The van der Waals surface area contributed by atoms with E-state index in [4.69, 9.17) is 10.8 Å². The Labute approximate surface area is 92.2 Å². The third-order valence-corrected chi connectivity index (χ3v) is 2.31. The zero-order valence-electron chi connectivity index (χ0n) is 8.50. The van der Waals surface area contributed by atoms with Gasteiger partial charge in [-0.2, -0.15) is 0 Å². The van der Waals surface area contributed by atoms with Gasteiger partial charge in [0.15, 0.2) is 0 Å². The highest BCUT2D eigenvalue weighted by Crippen LogP contribution is 2.16. The topological polar surface area (TPSA) is 81.1 Å². The lowest BCUT2D eigenvalue weighted by molar-refractivity contribution is 0.1000.